The lowest BCUT2D eigenvalue weighted by molar-refractivity contribution is -0.134. The maximum atomic E-state index is 14.1. The minimum atomic E-state index is -3.57. The minimum Gasteiger partial charge on any atom is -0.490 e. The van der Waals surface area contributed by atoms with E-state index in [4.69, 9.17) is 4.74 Å². The zero-order chi connectivity index (χ0) is 22.1. The topological polar surface area (TPSA) is 114 Å². The van der Waals surface area contributed by atoms with Gasteiger partial charge in [-0.2, -0.15) is 0 Å². The van der Waals surface area contributed by atoms with E-state index in [1.165, 1.54) is 6.07 Å². The van der Waals surface area contributed by atoms with Gasteiger partial charge < -0.3 is 10.1 Å². The third-order valence-corrected chi connectivity index (χ3v) is 7.50. The smallest absolute Gasteiger partial charge is 0.243 e. The van der Waals surface area contributed by atoms with Gasteiger partial charge in [-0.3, -0.25) is 14.9 Å². The molecule has 31 heavy (non-hydrogen) atoms. The van der Waals surface area contributed by atoms with E-state index in [0.717, 1.165) is 12.8 Å². The Labute approximate surface area is 181 Å². The number of rotatable bonds is 11. The second-order valence-electron chi connectivity index (χ2n) is 8.71. The van der Waals surface area contributed by atoms with Crippen molar-refractivity contribution >= 4 is 21.8 Å². The number of carbonyl (C=O) groups is 2. The Bertz CT molecular complexity index is 960. The quantitative estimate of drug-likeness (QED) is 0.344. The molecule has 1 unspecified atom stereocenters. The zero-order valence-corrected chi connectivity index (χ0v) is 18.1. The summed E-state index contributed by atoms with van der Waals surface area (Å²) in [5.41, 5.74) is 0.00583. The lowest BCUT2D eigenvalue weighted by atomic mass is 10.1. The molecule has 8 nitrogen and oxygen atoms in total. The van der Waals surface area contributed by atoms with Crippen LogP contribution in [-0.4, -0.2) is 45.2 Å². The molecule has 4 rings (SSSR count). The summed E-state index contributed by atoms with van der Waals surface area (Å²) < 4.78 is 47.7. The standard InChI is InChI=1S/C21H28FN3O5S/c22-16-5-4-15(12-18(16)30-13-14-2-3-14)21(8-9-21)25-31(28,29)11-1-10-23-17-6-7-19(26)24-20(17)27/h4-5,12,14,17,23,25H,1-3,6-11,13H2,(H,24,26,27). The predicted octanol–water partition coefficient (Wildman–Crippen LogP) is 1.31. The first-order valence-corrected chi connectivity index (χ1v) is 12.4. The number of piperidine rings is 1. The van der Waals surface area contributed by atoms with Gasteiger partial charge in [0.05, 0.1) is 23.9 Å². The van der Waals surface area contributed by atoms with Crippen LogP contribution >= 0.6 is 0 Å². The lowest BCUT2D eigenvalue weighted by Gasteiger charge is -2.22. The van der Waals surface area contributed by atoms with Gasteiger partial charge in [0.1, 0.15) is 0 Å². The molecule has 2 amide bonds. The summed E-state index contributed by atoms with van der Waals surface area (Å²) >= 11 is 0. The van der Waals surface area contributed by atoms with Crippen LogP contribution in [-0.2, 0) is 25.2 Å². The number of sulfonamides is 1. The van der Waals surface area contributed by atoms with Crippen molar-refractivity contribution in [2.75, 3.05) is 18.9 Å². The van der Waals surface area contributed by atoms with Gasteiger partial charge in [-0.25, -0.2) is 17.5 Å². The number of ether oxygens (including phenoxy) is 1. The second-order valence-corrected chi connectivity index (χ2v) is 10.6. The summed E-state index contributed by atoms with van der Waals surface area (Å²) in [6.45, 7) is 0.829. The van der Waals surface area contributed by atoms with Crippen molar-refractivity contribution in [2.45, 2.75) is 56.5 Å². The summed E-state index contributed by atoms with van der Waals surface area (Å²) in [5.74, 6) is -0.533. The highest BCUT2D eigenvalue weighted by molar-refractivity contribution is 7.89. The van der Waals surface area contributed by atoms with Crippen molar-refractivity contribution in [3.8, 4) is 5.75 Å². The predicted molar refractivity (Wildman–Crippen MR) is 111 cm³/mol. The average molecular weight is 454 g/mol. The molecule has 10 heteroatoms. The Hall–Kier alpha value is -2.04. The van der Waals surface area contributed by atoms with Crippen molar-refractivity contribution in [1.29, 1.82) is 0 Å². The molecular formula is C21H28FN3O5S. The van der Waals surface area contributed by atoms with Crippen molar-refractivity contribution < 1.29 is 27.1 Å². The highest BCUT2D eigenvalue weighted by atomic mass is 32.2. The van der Waals surface area contributed by atoms with E-state index in [0.29, 0.717) is 50.3 Å². The van der Waals surface area contributed by atoms with Gasteiger partial charge in [-0.15, -0.1) is 0 Å². The number of amides is 2. The third-order valence-electron chi connectivity index (χ3n) is 5.98. The molecule has 3 fully saturated rings. The molecule has 0 aromatic heterocycles. The van der Waals surface area contributed by atoms with Crippen LogP contribution in [0.2, 0.25) is 0 Å². The Morgan fingerprint density at radius 3 is 2.65 bits per heavy atom. The molecule has 0 spiro atoms. The van der Waals surface area contributed by atoms with Gasteiger partial charge in [0.15, 0.2) is 11.6 Å². The number of imide groups is 1. The van der Waals surface area contributed by atoms with Gasteiger partial charge in [0.2, 0.25) is 21.8 Å². The average Bonchev–Trinajstić information content (AvgIpc) is 3.62. The summed E-state index contributed by atoms with van der Waals surface area (Å²) in [4.78, 5) is 22.9. The summed E-state index contributed by atoms with van der Waals surface area (Å²) in [6.07, 6.45) is 4.50. The molecule has 0 bridgehead atoms. The first-order chi connectivity index (χ1) is 14.8. The molecular weight excluding hydrogens is 425 g/mol. The number of hydrogen-bond donors (Lipinski definition) is 3. The molecule has 1 heterocycles. The number of benzene rings is 1. The molecule has 1 aromatic rings. The Kier molecular flexibility index (Phi) is 6.32. The minimum absolute atomic E-state index is 0.0960. The molecule has 2 aliphatic carbocycles. The highest BCUT2D eigenvalue weighted by Gasteiger charge is 2.47. The molecule has 3 N–H and O–H groups in total. The van der Waals surface area contributed by atoms with Crippen LogP contribution in [0.4, 0.5) is 4.39 Å². The van der Waals surface area contributed by atoms with Crippen molar-refractivity contribution in [3.63, 3.8) is 0 Å². The zero-order valence-electron chi connectivity index (χ0n) is 17.3. The maximum Gasteiger partial charge on any atom is 0.243 e. The molecule has 1 aliphatic heterocycles. The van der Waals surface area contributed by atoms with Gasteiger partial charge >= 0.3 is 0 Å². The van der Waals surface area contributed by atoms with E-state index >= 15 is 0 Å². The monoisotopic (exact) mass is 453 g/mol. The van der Waals surface area contributed by atoms with Crippen LogP contribution in [0.1, 0.15) is 50.5 Å². The molecule has 3 aliphatic rings. The van der Waals surface area contributed by atoms with Crippen LogP contribution < -0.4 is 20.1 Å². The number of carbonyl (C=O) groups excluding carboxylic acids is 2. The lowest BCUT2D eigenvalue weighted by Crippen LogP contribution is -2.51. The normalized spacial score (nSPS) is 22.8. The van der Waals surface area contributed by atoms with Crippen molar-refractivity contribution in [1.82, 2.24) is 15.4 Å². The second kappa shape index (κ2) is 8.84. The van der Waals surface area contributed by atoms with E-state index < -0.39 is 27.4 Å². The summed E-state index contributed by atoms with van der Waals surface area (Å²) in [5, 5.41) is 5.26. The molecule has 1 atom stereocenters. The highest BCUT2D eigenvalue weighted by Crippen LogP contribution is 2.47. The van der Waals surface area contributed by atoms with Gasteiger partial charge in [0, 0.05) is 6.42 Å². The first-order valence-electron chi connectivity index (χ1n) is 10.8. The van der Waals surface area contributed by atoms with Crippen LogP contribution in [0.25, 0.3) is 0 Å². The van der Waals surface area contributed by atoms with E-state index in [1.807, 2.05) is 0 Å². The van der Waals surface area contributed by atoms with Crippen LogP contribution in [0.5, 0.6) is 5.75 Å². The summed E-state index contributed by atoms with van der Waals surface area (Å²) in [7, 11) is -3.57. The number of nitrogens with one attached hydrogen (secondary N) is 3. The Balaban J connectivity index is 1.29. The third kappa shape index (κ3) is 5.81. The molecule has 1 aromatic carbocycles. The summed E-state index contributed by atoms with van der Waals surface area (Å²) in [6, 6.07) is 4.07. The molecule has 1 saturated heterocycles. The van der Waals surface area contributed by atoms with E-state index in [9.17, 15) is 22.4 Å². The fraction of sp³-hybridized carbons (Fsp3) is 0.619. The van der Waals surface area contributed by atoms with E-state index in [1.54, 1.807) is 12.1 Å². The van der Waals surface area contributed by atoms with E-state index in [2.05, 4.69) is 15.4 Å². The fourth-order valence-electron chi connectivity index (χ4n) is 3.75. The number of hydrogen-bond acceptors (Lipinski definition) is 6. The van der Waals surface area contributed by atoms with Gasteiger partial charge in [-0.05, 0) is 68.7 Å². The SMILES string of the molecule is O=C1CCC(NCCCS(=O)(=O)NC2(c3ccc(F)c(OCC4CC4)c3)CC2)C(=O)N1. The van der Waals surface area contributed by atoms with Crippen LogP contribution in [0.15, 0.2) is 18.2 Å². The van der Waals surface area contributed by atoms with Gasteiger partial charge in [0.25, 0.3) is 0 Å². The first kappa shape index (κ1) is 22.2. The molecule has 2 saturated carbocycles. The van der Waals surface area contributed by atoms with E-state index in [-0.39, 0.29) is 29.7 Å². The van der Waals surface area contributed by atoms with Crippen LogP contribution in [0.3, 0.4) is 0 Å². The van der Waals surface area contributed by atoms with Crippen molar-refractivity contribution in [2.24, 2.45) is 5.92 Å². The Morgan fingerprint density at radius 2 is 1.97 bits per heavy atom. The van der Waals surface area contributed by atoms with Crippen molar-refractivity contribution in [3.05, 3.63) is 29.6 Å². The van der Waals surface area contributed by atoms with Gasteiger partial charge in [-0.1, -0.05) is 6.07 Å². The molecule has 170 valence electrons. The fourth-order valence-corrected chi connectivity index (χ4v) is 5.30. The molecule has 0 radical (unpaired) electrons. The van der Waals surface area contributed by atoms with Crippen LogP contribution in [0, 0.1) is 11.7 Å². The number of halogens is 1. The maximum absolute atomic E-state index is 14.1. The largest absolute Gasteiger partial charge is 0.490 e. The Morgan fingerprint density at radius 1 is 1.19 bits per heavy atom.